The molecule has 0 spiro atoms. The lowest BCUT2D eigenvalue weighted by Crippen LogP contribution is -2.38. The van der Waals surface area contributed by atoms with Gasteiger partial charge in [-0.2, -0.15) is 0 Å². The van der Waals surface area contributed by atoms with Crippen LogP contribution < -0.4 is 10.6 Å². The van der Waals surface area contributed by atoms with Gasteiger partial charge in [-0.25, -0.2) is 9.78 Å². The first kappa shape index (κ1) is 15.9. The standard InChI is InChI=1S/C15H22ClN3O2/c1-15(2,3)21-14(20)19-11-5-4-10(8-11)18-12-6-7-17-13(16)9-12/h6-7,9-11H,4-5,8H2,1-3H3,(H,17,18)(H,19,20). The van der Waals surface area contributed by atoms with Crippen LogP contribution in [-0.4, -0.2) is 28.8 Å². The number of carbonyl (C=O) groups is 1. The van der Waals surface area contributed by atoms with Crippen LogP contribution in [0.4, 0.5) is 10.5 Å². The highest BCUT2D eigenvalue weighted by Gasteiger charge is 2.27. The van der Waals surface area contributed by atoms with E-state index in [9.17, 15) is 4.79 Å². The highest BCUT2D eigenvalue weighted by Crippen LogP contribution is 2.24. The average Bonchev–Trinajstić information content (AvgIpc) is 2.73. The fourth-order valence-corrected chi connectivity index (χ4v) is 2.62. The number of hydrogen-bond acceptors (Lipinski definition) is 4. The number of ether oxygens (including phenoxy) is 1. The van der Waals surface area contributed by atoms with Crippen LogP contribution >= 0.6 is 11.6 Å². The first-order valence-electron chi connectivity index (χ1n) is 7.19. The lowest BCUT2D eigenvalue weighted by Gasteiger charge is -2.22. The molecular formula is C15H22ClN3O2. The Hall–Kier alpha value is -1.49. The molecule has 1 fully saturated rings. The van der Waals surface area contributed by atoms with Crippen molar-refractivity contribution in [1.29, 1.82) is 0 Å². The molecule has 2 unspecified atom stereocenters. The van der Waals surface area contributed by atoms with Crippen molar-refractivity contribution in [3.63, 3.8) is 0 Å². The minimum atomic E-state index is -0.464. The maximum Gasteiger partial charge on any atom is 0.407 e. The lowest BCUT2D eigenvalue weighted by atomic mass is 10.2. The molecule has 6 heteroatoms. The number of carbonyl (C=O) groups excluding carboxylic acids is 1. The van der Waals surface area contributed by atoms with Crippen LogP contribution in [0, 0.1) is 0 Å². The highest BCUT2D eigenvalue weighted by atomic mass is 35.5. The molecule has 2 rings (SSSR count). The number of amides is 1. The summed E-state index contributed by atoms with van der Waals surface area (Å²) in [5.74, 6) is 0. The molecule has 0 saturated heterocycles. The summed E-state index contributed by atoms with van der Waals surface area (Å²) in [5.41, 5.74) is 0.492. The largest absolute Gasteiger partial charge is 0.444 e. The van der Waals surface area contributed by atoms with Gasteiger partial charge >= 0.3 is 6.09 Å². The molecule has 1 aliphatic rings. The van der Waals surface area contributed by atoms with Crippen molar-refractivity contribution < 1.29 is 9.53 Å². The van der Waals surface area contributed by atoms with Crippen molar-refractivity contribution in [2.75, 3.05) is 5.32 Å². The predicted molar refractivity (Wildman–Crippen MR) is 83.7 cm³/mol. The molecule has 0 radical (unpaired) electrons. The maximum atomic E-state index is 11.7. The number of nitrogens with zero attached hydrogens (tertiary/aromatic N) is 1. The molecule has 1 aliphatic carbocycles. The van der Waals surface area contributed by atoms with E-state index in [2.05, 4.69) is 15.6 Å². The zero-order chi connectivity index (χ0) is 15.5. The van der Waals surface area contributed by atoms with E-state index in [1.165, 1.54) is 0 Å². The fourth-order valence-electron chi connectivity index (χ4n) is 2.45. The Balaban J connectivity index is 1.80. The van der Waals surface area contributed by atoms with E-state index >= 15 is 0 Å². The van der Waals surface area contributed by atoms with Crippen LogP contribution in [0.1, 0.15) is 40.0 Å². The normalized spacial score (nSPS) is 21.9. The highest BCUT2D eigenvalue weighted by molar-refractivity contribution is 6.29. The van der Waals surface area contributed by atoms with Crippen LogP contribution in [0.25, 0.3) is 0 Å². The van der Waals surface area contributed by atoms with E-state index in [0.717, 1.165) is 24.9 Å². The van der Waals surface area contributed by atoms with Crippen molar-refractivity contribution in [3.8, 4) is 0 Å². The third kappa shape index (κ3) is 5.42. The van der Waals surface area contributed by atoms with E-state index in [-0.39, 0.29) is 12.1 Å². The van der Waals surface area contributed by atoms with Gasteiger partial charge in [-0.1, -0.05) is 11.6 Å². The molecule has 0 aliphatic heterocycles. The van der Waals surface area contributed by atoms with E-state index < -0.39 is 5.60 Å². The Bertz CT molecular complexity index is 502. The number of pyridine rings is 1. The van der Waals surface area contributed by atoms with Gasteiger partial charge in [0.15, 0.2) is 0 Å². The molecule has 1 aromatic heterocycles. The Kier molecular flexibility index (Phi) is 4.93. The van der Waals surface area contributed by atoms with Gasteiger partial charge in [0.25, 0.3) is 0 Å². The third-order valence-corrected chi connectivity index (χ3v) is 3.46. The van der Waals surface area contributed by atoms with Crippen LogP contribution in [0.3, 0.4) is 0 Å². The first-order valence-corrected chi connectivity index (χ1v) is 7.57. The molecule has 2 atom stereocenters. The summed E-state index contributed by atoms with van der Waals surface area (Å²) < 4.78 is 5.27. The van der Waals surface area contributed by atoms with Gasteiger partial charge in [0.1, 0.15) is 10.8 Å². The molecule has 0 bridgehead atoms. The number of halogens is 1. The summed E-state index contributed by atoms with van der Waals surface area (Å²) in [6.45, 7) is 5.58. The van der Waals surface area contributed by atoms with Crippen molar-refractivity contribution in [1.82, 2.24) is 10.3 Å². The second-order valence-electron chi connectivity index (χ2n) is 6.36. The molecule has 1 heterocycles. The summed E-state index contributed by atoms with van der Waals surface area (Å²) in [4.78, 5) is 15.7. The monoisotopic (exact) mass is 311 g/mol. The predicted octanol–water partition coefficient (Wildman–Crippen LogP) is 3.59. The van der Waals surface area contributed by atoms with Gasteiger partial charge in [0.05, 0.1) is 0 Å². The van der Waals surface area contributed by atoms with Gasteiger partial charge in [0.2, 0.25) is 0 Å². The molecule has 21 heavy (non-hydrogen) atoms. The van der Waals surface area contributed by atoms with Gasteiger partial charge < -0.3 is 15.4 Å². The molecule has 5 nitrogen and oxygen atoms in total. The summed E-state index contributed by atoms with van der Waals surface area (Å²) in [5, 5.41) is 6.81. The molecule has 1 amide bonds. The van der Waals surface area contributed by atoms with Crippen molar-refractivity contribution in [2.45, 2.75) is 57.7 Å². The van der Waals surface area contributed by atoms with E-state index in [0.29, 0.717) is 11.2 Å². The van der Waals surface area contributed by atoms with Crippen LogP contribution in [-0.2, 0) is 4.74 Å². The summed E-state index contributed by atoms with van der Waals surface area (Å²) >= 11 is 5.86. The molecule has 116 valence electrons. The van der Waals surface area contributed by atoms with Gasteiger partial charge in [0, 0.05) is 24.0 Å². The number of anilines is 1. The molecule has 0 aromatic carbocycles. The number of hydrogen-bond donors (Lipinski definition) is 2. The minimum Gasteiger partial charge on any atom is -0.444 e. The lowest BCUT2D eigenvalue weighted by molar-refractivity contribution is 0.0505. The number of aromatic nitrogens is 1. The van der Waals surface area contributed by atoms with E-state index in [4.69, 9.17) is 16.3 Å². The van der Waals surface area contributed by atoms with Crippen molar-refractivity contribution in [3.05, 3.63) is 23.5 Å². The fraction of sp³-hybridized carbons (Fsp3) is 0.600. The zero-order valence-corrected chi connectivity index (χ0v) is 13.4. The van der Waals surface area contributed by atoms with Crippen LogP contribution in [0.5, 0.6) is 0 Å². The Morgan fingerprint density at radius 3 is 2.76 bits per heavy atom. The molecular weight excluding hydrogens is 290 g/mol. The van der Waals surface area contributed by atoms with Crippen LogP contribution in [0.15, 0.2) is 18.3 Å². The molecule has 1 saturated carbocycles. The van der Waals surface area contributed by atoms with Crippen molar-refractivity contribution in [2.24, 2.45) is 0 Å². The maximum absolute atomic E-state index is 11.7. The molecule has 1 aromatic rings. The van der Waals surface area contributed by atoms with Gasteiger partial charge in [-0.05, 0) is 52.2 Å². The summed E-state index contributed by atoms with van der Waals surface area (Å²) in [6, 6.07) is 4.16. The zero-order valence-electron chi connectivity index (χ0n) is 12.6. The molecule has 2 N–H and O–H groups in total. The summed E-state index contributed by atoms with van der Waals surface area (Å²) in [6.07, 6.45) is 4.14. The smallest absolute Gasteiger partial charge is 0.407 e. The second kappa shape index (κ2) is 6.52. The topological polar surface area (TPSA) is 63.2 Å². The van der Waals surface area contributed by atoms with Crippen LogP contribution in [0.2, 0.25) is 5.15 Å². The van der Waals surface area contributed by atoms with Gasteiger partial charge in [-0.3, -0.25) is 0 Å². The van der Waals surface area contributed by atoms with E-state index in [1.54, 1.807) is 12.3 Å². The summed E-state index contributed by atoms with van der Waals surface area (Å²) in [7, 11) is 0. The quantitative estimate of drug-likeness (QED) is 0.837. The Labute approximate surface area is 130 Å². The number of rotatable bonds is 3. The Morgan fingerprint density at radius 2 is 2.10 bits per heavy atom. The average molecular weight is 312 g/mol. The first-order chi connectivity index (χ1) is 9.82. The minimum absolute atomic E-state index is 0.148. The van der Waals surface area contributed by atoms with Crippen molar-refractivity contribution >= 4 is 23.4 Å². The second-order valence-corrected chi connectivity index (χ2v) is 6.75. The SMILES string of the molecule is CC(C)(C)OC(=O)NC1CCC(Nc2ccnc(Cl)c2)C1. The third-order valence-electron chi connectivity index (χ3n) is 3.25. The number of alkyl carbamates (subject to hydrolysis) is 1. The van der Waals surface area contributed by atoms with E-state index in [1.807, 2.05) is 26.8 Å². The Morgan fingerprint density at radius 1 is 1.38 bits per heavy atom. The number of nitrogens with one attached hydrogen (secondary N) is 2. The van der Waals surface area contributed by atoms with Gasteiger partial charge in [-0.15, -0.1) is 0 Å².